The predicted octanol–water partition coefficient (Wildman–Crippen LogP) is 1.28. The molecule has 1 aliphatic heterocycles. The van der Waals surface area contributed by atoms with Crippen molar-refractivity contribution in [3.8, 4) is 0 Å². The molecule has 0 saturated carbocycles. The van der Waals surface area contributed by atoms with E-state index in [4.69, 9.17) is 9.47 Å². The Morgan fingerprint density at radius 2 is 1.70 bits per heavy atom. The highest BCUT2D eigenvalue weighted by Crippen LogP contribution is 2.36. The molecule has 1 fully saturated rings. The molecule has 0 aliphatic carbocycles. The minimum atomic E-state index is -0.179. The molecule has 0 unspecified atom stereocenters. The molecule has 5 heteroatoms. The second-order valence-corrected chi connectivity index (χ2v) is 5.56. The second-order valence-electron chi connectivity index (χ2n) is 5.56. The maximum Gasteiger partial charge on any atom is 0.229 e. The van der Waals surface area contributed by atoms with E-state index in [1.165, 1.54) is 0 Å². The molecule has 1 amide bonds. The molecule has 118 valence electrons. The van der Waals surface area contributed by atoms with E-state index in [-0.39, 0.29) is 11.3 Å². The maximum atomic E-state index is 13.0. The van der Waals surface area contributed by atoms with Crippen molar-refractivity contribution < 1.29 is 14.3 Å². The quantitative estimate of drug-likeness (QED) is 0.694. The Bertz CT molecular complexity index is 265. The fourth-order valence-electron chi connectivity index (χ4n) is 3.01. The number of methoxy groups -OCH3 is 2. The van der Waals surface area contributed by atoms with Crippen LogP contribution >= 0.6 is 0 Å². The van der Waals surface area contributed by atoms with Gasteiger partial charge < -0.3 is 19.7 Å². The van der Waals surface area contributed by atoms with Crippen LogP contribution in [-0.2, 0) is 14.3 Å². The Hall–Kier alpha value is -0.650. The lowest BCUT2D eigenvalue weighted by Gasteiger charge is -2.40. The highest BCUT2D eigenvalue weighted by molar-refractivity contribution is 5.83. The molecule has 1 saturated heterocycles. The third-order valence-electron chi connectivity index (χ3n) is 4.16. The molecule has 1 aliphatic rings. The zero-order chi connectivity index (χ0) is 14.8. The van der Waals surface area contributed by atoms with E-state index in [0.29, 0.717) is 26.3 Å². The van der Waals surface area contributed by atoms with Crippen molar-refractivity contribution in [3.63, 3.8) is 0 Å². The maximum absolute atomic E-state index is 13.0. The van der Waals surface area contributed by atoms with Crippen LogP contribution in [0.1, 0.15) is 32.6 Å². The first-order valence-electron chi connectivity index (χ1n) is 7.68. The van der Waals surface area contributed by atoms with Crippen LogP contribution in [0.25, 0.3) is 0 Å². The molecule has 0 aromatic heterocycles. The molecule has 1 rings (SSSR count). The van der Waals surface area contributed by atoms with Gasteiger partial charge >= 0.3 is 0 Å². The average Bonchev–Trinajstić information content (AvgIpc) is 2.48. The fourth-order valence-corrected chi connectivity index (χ4v) is 3.01. The van der Waals surface area contributed by atoms with Crippen LogP contribution in [0.5, 0.6) is 0 Å². The first kappa shape index (κ1) is 17.4. The van der Waals surface area contributed by atoms with E-state index in [9.17, 15) is 4.79 Å². The lowest BCUT2D eigenvalue weighted by Crippen LogP contribution is -2.50. The highest BCUT2D eigenvalue weighted by atomic mass is 16.5. The van der Waals surface area contributed by atoms with Gasteiger partial charge in [0.2, 0.25) is 5.91 Å². The summed E-state index contributed by atoms with van der Waals surface area (Å²) in [5, 5.41) is 3.36. The van der Waals surface area contributed by atoms with Crippen LogP contribution in [0.3, 0.4) is 0 Å². The monoisotopic (exact) mass is 286 g/mol. The zero-order valence-corrected chi connectivity index (χ0v) is 13.2. The molecule has 1 heterocycles. The van der Waals surface area contributed by atoms with Crippen molar-refractivity contribution in [2.45, 2.75) is 32.6 Å². The van der Waals surface area contributed by atoms with Crippen LogP contribution in [-0.4, -0.2) is 64.4 Å². The minimum Gasteiger partial charge on any atom is -0.383 e. The smallest absolute Gasteiger partial charge is 0.229 e. The molecule has 0 bridgehead atoms. The van der Waals surface area contributed by atoms with E-state index in [0.717, 1.165) is 38.8 Å². The number of carbonyl (C=O) groups excluding carboxylic acids is 1. The number of carbonyl (C=O) groups is 1. The molecule has 0 aromatic rings. The van der Waals surface area contributed by atoms with Crippen molar-refractivity contribution in [1.82, 2.24) is 10.2 Å². The summed E-state index contributed by atoms with van der Waals surface area (Å²) in [6, 6.07) is 0. The summed E-state index contributed by atoms with van der Waals surface area (Å²) in [5.41, 5.74) is -0.179. The molecular formula is C15H30N2O3. The van der Waals surface area contributed by atoms with Gasteiger partial charge in [0.15, 0.2) is 0 Å². The van der Waals surface area contributed by atoms with E-state index in [1.807, 2.05) is 4.90 Å². The Morgan fingerprint density at radius 3 is 2.15 bits per heavy atom. The van der Waals surface area contributed by atoms with Crippen molar-refractivity contribution in [1.29, 1.82) is 0 Å². The summed E-state index contributed by atoms with van der Waals surface area (Å²) in [6.07, 6.45) is 3.91. The van der Waals surface area contributed by atoms with Crippen molar-refractivity contribution in [2.24, 2.45) is 5.41 Å². The lowest BCUT2D eigenvalue weighted by atomic mass is 9.74. The van der Waals surface area contributed by atoms with Gasteiger partial charge in [-0.15, -0.1) is 0 Å². The number of piperidine rings is 1. The first-order chi connectivity index (χ1) is 9.70. The number of hydrogen-bond acceptors (Lipinski definition) is 4. The molecule has 0 aromatic carbocycles. The van der Waals surface area contributed by atoms with Crippen molar-refractivity contribution >= 4 is 5.91 Å². The number of ether oxygens (including phenoxy) is 2. The first-order valence-corrected chi connectivity index (χ1v) is 7.68. The second kappa shape index (κ2) is 9.32. The van der Waals surface area contributed by atoms with E-state index < -0.39 is 0 Å². The van der Waals surface area contributed by atoms with Crippen LogP contribution in [0.2, 0.25) is 0 Å². The molecule has 5 nitrogen and oxygen atoms in total. The van der Waals surface area contributed by atoms with E-state index in [1.54, 1.807) is 14.2 Å². The average molecular weight is 286 g/mol. The van der Waals surface area contributed by atoms with Gasteiger partial charge in [-0.2, -0.15) is 0 Å². The summed E-state index contributed by atoms with van der Waals surface area (Å²) < 4.78 is 10.3. The van der Waals surface area contributed by atoms with Gasteiger partial charge in [0.1, 0.15) is 0 Å². The summed E-state index contributed by atoms with van der Waals surface area (Å²) in [5.74, 6) is 0.287. The van der Waals surface area contributed by atoms with Gasteiger partial charge in [-0.3, -0.25) is 4.79 Å². The summed E-state index contributed by atoms with van der Waals surface area (Å²) >= 11 is 0. The van der Waals surface area contributed by atoms with Crippen molar-refractivity contribution in [3.05, 3.63) is 0 Å². The SMILES string of the molecule is CCCC1(C(=O)N(CCOC)CCOC)CCNCC1. The number of hydrogen-bond donors (Lipinski definition) is 1. The standard InChI is InChI=1S/C15H30N2O3/c1-4-5-15(6-8-16-9-7-15)14(18)17(10-12-19-2)11-13-20-3/h16H,4-13H2,1-3H3. The van der Waals surface area contributed by atoms with Gasteiger partial charge in [-0.1, -0.05) is 13.3 Å². The Morgan fingerprint density at radius 1 is 1.15 bits per heavy atom. The number of nitrogens with one attached hydrogen (secondary N) is 1. The fraction of sp³-hybridized carbons (Fsp3) is 0.933. The minimum absolute atomic E-state index is 0.179. The van der Waals surface area contributed by atoms with Gasteiger partial charge in [-0.05, 0) is 32.4 Å². The third kappa shape index (κ3) is 4.72. The van der Waals surface area contributed by atoms with Gasteiger partial charge in [0.25, 0.3) is 0 Å². The summed E-state index contributed by atoms with van der Waals surface area (Å²) in [7, 11) is 3.34. The number of nitrogens with zero attached hydrogens (tertiary/aromatic N) is 1. The molecule has 20 heavy (non-hydrogen) atoms. The predicted molar refractivity (Wildman–Crippen MR) is 79.8 cm³/mol. The van der Waals surface area contributed by atoms with Crippen molar-refractivity contribution in [2.75, 3.05) is 53.6 Å². The number of rotatable bonds is 9. The molecule has 0 atom stereocenters. The Kier molecular flexibility index (Phi) is 8.11. The van der Waals surface area contributed by atoms with Crippen LogP contribution < -0.4 is 5.32 Å². The summed E-state index contributed by atoms with van der Waals surface area (Å²) in [6.45, 7) is 6.50. The number of amides is 1. The Labute approximate surface area is 123 Å². The molecule has 1 N–H and O–H groups in total. The topological polar surface area (TPSA) is 50.8 Å². The van der Waals surface area contributed by atoms with Crippen LogP contribution in [0.15, 0.2) is 0 Å². The molecule has 0 radical (unpaired) electrons. The van der Waals surface area contributed by atoms with Gasteiger partial charge in [-0.25, -0.2) is 0 Å². The van der Waals surface area contributed by atoms with Gasteiger partial charge in [0.05, 0.1) is 18.6 Å². The molecular weight excluding hydrogens is 256 g/mol. The van der Waals surface area contributed by atoms with E-state index >= 15 is 0 Å². The van der Waals surface area contributed by atoms with Crippen LogP contribution in [0, 0.1) is 5.41 Å². The van der Waals surface area contributed by atoms with E-state index in [2.05, 4.69) is 12.2 Å². The largest absolute Gasteiger partial charge is 0.383 e. The lowest BCUT2D eigenvalue weighted by molar-refractivity contribution is -0.145. The van der Waals surface area contributed by atoms with Gasteiger partial charge in [0, 0.05) is 27.3 Å². The molecule has 0 spiro atoms. The normalized spacial score (nSPS) is 17.9. The summed E-state index contributed by atoms with van der Waals surface area (Å²) in [4.78, 5) is 14.9. The highest BCUT2D eigenvalue weighted by Gasteiger charge is 2.40. The zero-order valence-electron chi connectivity index (χ0n) is 13.2. The van der Waals surface area contributed by atoms with Crippen LogP contribution in [0.4, 0.5) is 0 Å². The Balaban J connectivity index is 2.75. The third-order valence-corrected chi connectivity index (χ3v) is 4.16.